The van der Waals surface area contributed by atoms with Crippen LogP contribution in [0.15, 0.2) is 0 Å². The van der Waals surface area contributed by atoms with Gasteiger partial charge in [0.15, 0.2) is 0 Å². The van der Waals surface area contributed by atoms with Crippen molar-refractivity contribution in [1.29, 1.82) is 0 Å². The molecule has 0 spiro atoms. The van der Waals surface area contributed by atoms with Crippen LogP contribution < -0.4 is 0 Å². The van der Waals surface area contributed by atoms with Gasteiger partial charge in [-0.1, -0.05) is 20.8 Å². The number of methoxy groups -OCH3 is 1. The first-order valence-electron chi connectivity index (χ1n) is 4.16. The lowest BCUT2D eigenvalue weighted by Crippen LogP contribution is -2.32. The molecule has 2 nitrogen and oxygen atoms in total. The molecule has 0 N–H and O–H groups in total. The van der Waals surface area contributed by atoms with Gasteiger partial charge >= 0.3 is 0 Å². The Labute approximate surface area is 68.9 Å². The zero-order valence-electron chi connectivity index (χ0n) is 7.89. The molecule has 66 valence electrons. The van der Waals surface area contributed by atoms with E-state index < -0.39 is 0 Å². The Balaban J connectivity index is 2.57. The first-order chi connectivity index (χ1) is 5.05. The fourth-order valence-corrected chi connectivity index (χ4v) is 1.57. The molecule has 1 heterocycles. The van der Waals surface area contributed by atoms with E-state index in [-0.39, 0.29) is 0 Å². The van der Waals surface area contributed by atoms with Gasteiger partial charge < -0.3 is 9.47 Å². The average molecular weight is 158 g/mol. The Kier molecular flexibility index (Phi) is 2.55. The van der Waals surface area contributed by atoms with E-state index in [4.69, 9.17) is 9.47 Å². The lowest BCUT2D eigenvalue weighted by molar-refractivity contribution is 0.0363. The van der Waals surface area contributed by atoms with Crippen molar-refractivity contribution in [2.45, 2.75) is 26.9 Å². The van der Waals surface area contributed by atoms with Crippen LogP contribution in [0.1, 0.15) is 20.8 Å². The molecule has 1 fully saturated rings. The summed E-state index contributed by atoms with van der Waals surface area (Å²) in [5.41, 5.74) is 0.303. The lowest BCUT2D eigenvalue weighted by Gasteiger charge is -2.29. The molecule has 0 bridgehead atoms. The van der Waals surface area contributed by atoms with Crippen LogP contribution in [0.3, 0.4) is 0 Å². The highest BCUT2D eigenvalue weighted by Gasteiger charge is 2.36. The Morgan fingerprint density at radius 1 is 1.27 bits per heavy atom. The largest absolute Gasteiger partial charge is 0.379 e. The third-order valence-electron chi connectivity index (χ3n) is 2.44. The van der Waals surface area contributed by atoms with E-state index >= 15 is 0 Å². The maximum atomic E-state index is 5.36. The van der Waals surface area contributed by atoms with Crippen LogP contribution in [0.5, 0.6) is 0 Å². The van der Waals surface area contributed by atoms with Gasteiger partial charge in [-0.05, 0) is 5.41 Å². The Hall–Kier alpha value is -0.0800. The second kappa shape index (κ2) is 3.11. The molecule has 1 rings (SSSR count). The summed E-state index contributed by atoms with van der Waals surface area (Å²) < 4.78 is 10.7. The summed E-state index contributed by atoms with van der Waals surface area (Å²) in [6.07, 6.45) is 0.301. The van der Waals surface area contributed by atoms with Gasteiger partial charge in [-0.3, -0.25) is 0 Å². The van der Waals surface area contributed by atoms with E-state index in [9.17, 15) is 0 Å². The third-order valence-corrected chi connectivity index (χ3v) is 2.44. The van der Waals surface area contributed by atoms with Gasteiger partial charge in [-0.25, -0.2) is 0 Å². The van der Waals surface area contributed by atoms with Crippen molar-refractivity contribution in [2.75, 3.05) is 20.3 Å². The smallest absolute Gasteiger partial charge is 0.0859 e. The van der Waals surface area contributed by atoms with Crippen molar-refractivity contribution in [3.05, 3.63) is 0 Å². The molecule has 0 saturated carbocycles. The topological polar surface area (TPSA) is 18.5 Å². The summed E-state index contributed by atoms with van der Waals surface area (Å²) in [7, 11) is 1.76. The highest BCUT2D eigenvalue weighted by Crippen LogP contribution is 2.33. The fourth-order valence-electron chi connectivity index (χ4n) is 1.57. The highest BCUT2D eigenvalue weighted by molar-refractivity contribution is 4.84. The van der Waals surface area contributed by atoms with Gasteiger partial charge in [0.1, 0.15) is 0 Å². The minimum absolute atomic E-state index is 0.301. The molecule has 0 aromatic carbocycles. The van der Waals surface area contributed by atoms with Crippen molar-refractivity contribution in [1.82, 2.24) is 0 Å². The number of hydrogen-bond donors (Lipinski definition) is 0. The number of rotatable bonds is 1. The maximum absolute atomic E-state index is 5.36. The predicted octanol–water partition coefficient (Wildman–Crippen LogP) is 1.69. The molecule has 0 aromatic rings. The average Bonchev–Trinajstić information content (AvgIpc) is 2.31. The van der Waals surface area contributed by atoms with E-state index in [1.165, 1.54) is 0 Å². The van der Waals surface area contributed by atoms with Crippen LogP contribution in [0.25, 0.3) is 0 Å². The number of hydrogen-bond acceptors (Lipinski definition) is 2. The van der Waals surface area contributed by atoms with Gasteiger partial charge in [0, 0.05) is 13.0 Å². The van der Waals surface area contributed by atoms with Crippen LogP contribution >= 0.6 is 0 Å². The summed E-state index contributed by atoms with van der Waals surface area (Å²) in [5.74, 6) is 0.549. The Morgan fingerprint density at radius 2 is 1.91 bits per heavy atom. The molecule has 2 heteroatoms. The summed E-state index contributed by atoms with van der Waals surface area (Å²) in [6.45, 7) is 8.32. The molecule has 2 atom stereocenters. The van der Waals surface area contributed by atoms with Crippen molar-refractivity contribution >= 4 is 0 Å². The van der Waals surface area contributed by atoms with Gasteiger partial charge in [-0.15, -0.1) is 0 Å². The molecular weight excluding hydrogens is 140 g/mol. The Morgan fingerprint density at radius 3 is 2.27 bits per heavy atom. The van der Waals surface area contributed by atoms with Crippen LogP contribution in [0, 0.1) is 11.3 Å². The van der Waals surface area contributed by atoms with Gasteiger partial charge in [-0.2, -0.15) is 0 Å². The zero-order valence-corrected chi connectivity index (χ0v) is 7.89. The van der Waals surface area contributed by atoms with E-state index in [1.807, 2.05) is 0 Å². The molecule has 0 aromatic heterocycles. The first-order valence-corrected chi connectivity index (χ1v) is 4.16. The van der Waals surface area contributed by atoms with E-state index in [0.717, 1.165) is 13.2 Å². The summed E-state index contributed by atoms with van der Waals surface area (Å²) in [4.78, 5) is 0. The summed E-state index contributed by atoms with van der Waals surface area (Å²) in [6, 6.07) is 0. The fraction of sp³-hybridized carbons (Fsp3) is 1.00. The van der Waals surface area contributed by atoms with Gasteiger partial charge in [0.25, 0.3) is 0 Å². The van der Waals surface area contributed by atoms with Gasteiger partial charge in [0.05, 0.1) is 19.3 Å². The predicted molar refractivity (Wildman–Crippen MR) is 44.6 cm³/mol. The zero-order chi connectivity index (χ0) is 8.48. The molecule has 0 amide bonds. The molecule has 1 aliphatic heterocycles. The quantitative estimate of drug-likeness (QED) is 0.578. The molecular formula is C9H18O2. The molecule has 0 aliphatic carbocycles. The minimum Gasteiger partial charge on any atom is -0.379 e. The van der Waals surface area contributed by atoms with Crippen molar-refractivity contribution in [3.8, 4) is 0 Å². The van der Waals surface area contributed by atoms with Crippen molar-refractivity contribution < 1.29 is 9.47 Å². The summed E-state index contributed by atoms with van der Waals surface area (Å²) in [5, 5.41) is 0. The molecule has 2 unspecified atom stereocenters. The minimum atomic E-state index is 0.301. The van der Waals surface area contributed by atoms with E-state index in [2.05, 4.69) is 20.8 Å². The van der Waals surface area contributed by atoms with E-state index in [0.29, 0.717) is 17.4 Å². The molecule has 1 aliphatic rings. The standard InChI is InChI=1S/C9H18O2/c1-9(2,3)7-5-11-6-8(7)10-4/h7-8H,5-6H2,1-4H3. The SMILES string of the molecule is COC1COCC1C(C)(C)C. The monoisotopic (exact) mass is 158 g/mol. The molecule has 1 saturated heterocycles. The lowest BCUT2D eigenvalue weighted by atomic mass is 9.79. The van der Waals surface area contributed by atoms with Gasteiger partial charge in [0.2, 0.25) is 0 Å². The Bertz CT molecular complexity index is 126. The number of ether oxygens (including phenoxy) is 2. The normalized spacial score (nSPS) is 32.7. The summed E-state index contributed by atoms with van der Waals surface area (Å²) >= 11 is 0. The second-order valence-corrected chi connectivity index (χ2v) is 4.28. The molecule has 11 heavy (non-hydrogen) atoms. The highest BCUT2D eigenvalue weighted by atomic mass is 16.5. The van der Waals surface area contributed by atoms with E-state index in [1.54, 1.807) is 7.11 Å². The maximum Gasteiger partial charge on any atom is 0.0859 e. The van der Waals surface area contributed by atoms with Crippen LogP contribution in [0.2, 0.25) is 0 Å². The van der Waals surface area contributed by atoms with Crippen LogP contribution in [-0.4, -0.2) is 26.4 Å². The van der Waals surface area contributed by atoms with Crippen LogP contribution in [0.4, 0.5) is 0 Å². The van der Waals surface area contributed by atoms with Crippen molar-refractivity contribution in [2.24, 2.45) is 11.3 Å². The second-order valence-electron chi connectivity index (χ2n) is 4.28. The van der Waals surface area contributed by atoms with Crippen LogP contribution in [-0.2, 0) is 9.47 Å². The molecule has 0 radical (unpaired) electrons. The van der Waals surface area contributed by atoms with Crippen molar-refractivity contribution in [3.63, 3.8) is 0 Å². The first kappa shape index (κ1) is 9.01. The third kappa shape index (κ3) is 1.94.